The Bertz CT molecular complexity index is 779. The number of halogens is 3. The van der Waals surface area contributed by atoms with Crippen LogP contribution in [0.15, 0.2) is 29.2 Å². The molecule has 1 aliphatic carbocycles. The van der Waals surface area contributed by atoms with E-state index >= 15 is 0 Å². The quantitative estimate of drug-likeness (QED) is 0.846. The van der Waals surface area contributed by atoms with E-state index in [0.717, 1.165) is 24.6 Å². The summed E-state index contributed by atoms with van der Waals surface area (Å²) in [7, 11) is -4.05. The molecule has 1 amide bonds. The minimum Gasteiger partial charge on any atom is -0.353 e. The molecule has 2 aliphatic rings. The first-order valence-corrected chi connectivity index (χ1v) is 9.52. The molecule has 0 spiro atoms. The van der Waals surface area contributed by atoms with Gasteiger partial charge in [-0.05, 0) is 42.4 Å². The van der Waals surface area contributed by atoms with E-state index in [1.54, 1.807) is 0 Å². The van der Waals surface area contributed by atoms with Gasteiger partial charge in [0, 0.05) is 19.0 Å². The van der Waals surface area contributed by atoms with Crippen LogP contribution in [-0.4, -0.2) is 26.9 Å². The predicted octanol–water partition coefficient (Wildman–Crippen LogP) is 2.14. The normalized spacial score (nSPS) is 29.5. The van der Waals surface area contributed by atoms with Gasteiger partial charge in [-0.2, -0.15) is 13.2 Å². The Kier molecular flexibility index (Phi) is 4.57. The number of carbonyl (C=O) groups excluding carboxylic acids is 1. The van der Waals surface area contributed by atoms with Crippen molar-refractivity contribution in [2.24, 2.45) is 17.8 Å². The van der Waals surface area contributed by atoms with Crippen LogP contribution >= 0.6 is 0 Å². The van der Waals surface area contributed by atoms with E-state index in [1.165, 1.54) is 0 Å². The molecule has 0 aromatic heterocycles. The summed E-state index contributed by atoms with van der Waals surface area (Å²) < 4.78 is 65.5. The lowest BCUT2D eigenvalue weighted by atomic mass is 9.89. The van der Waals surface area contributed by atoms with Crippen LogP contribution in [0.2, 0.25) is 0 Å². The minimum absolute atomic E-state index is 0.0236. The maximum Gasteiger partial charge on any atom is 0.416 e. The number of hydrogen-bond donors (Lipinski definition) is 2. The van der Waals surface area contributed by atoms with Crippen molar-refractivity contribution in [3.63, 3.8) is 0 Å². The number of nitrogens with one attached hydrogen (secondary N) is 2. The molecule has 0 bridgehead atoms. The van der Waals surface area contributed by atoms with E-state index in [4.69, 9.17) is 0 Å². The molecule has 2 N–H and O–H groups in total. The fourth-order valence-corrected chi connectivity index (χ4v) is 5.01. The lowest BCUT2D eigenvalue weighted by molar-refractivity contribution is -0.137. The third-order valence-electron chi connectivity index (χ3n) is 5.17. The molecule has 1 saturated heterocycles. The number of benzene rings is 1. The van der Waals surface area contributed by atoms with Crippen LogP contribution in [0.25, 0.3) is 0 Å². The van der Waals surface area contributed by atoms with Crippen LogP contribution in [0, 0.1) is 17.8 Å². The lowest BCUT2D eigenvalue weighted by Gasteiger charge is -2.21. The van der Waals surface area contributed by atoms with E-state index in [1.807, 2.05) is 6.92 Å². The van der Waals surface area contributed by atoms with Gasteiger partial charge in [0.25, 0.3) is 0 Å². The minimum atomic E-state index is -4.60. The summed E-state index contributed by atoms with van der Waals surface area (Å²) in [5.74, 6) is 0.226. The van der Waals surface area contributed by atoms with Gasteiger partial charge >= 0.3 is 6.18 Å². The number of hydrogen-bond acceptors (Lipinski definition) is 3. The van der Waals surface area contributed by atoms with E-state index in [-0.39, 0.29) is 36.2 Å². The van der Waals surface area contributed by atoms with E-state index in [0.29, 0.717) is 12.5 Å². The van der Waals surface area contributed by atoms with Crippen molar-refractivity contribution >= 4 is 15.9 Å². The van der Waals surface area contributed by atoms with Crippen LogP contribution < -0.4 is 10.0 Å². The lowest BCUT2D eigenvalue weighted by Crippen LogP contribution is -2.34. The van der Waals surface area contributed by atoms with Crippen molar-refractivity contribution in [2.75, 3.05) is 6.54 Å². The average Bonchev–Trinajstić information content (AvgIpc) is 2.99. The number of carbonyl (C=O) groups is 1. The predicted molar refractivity (Wildman–Crippen MR) is 83.9 cm³/mol. The second kappa shape index (κ2) is 6.28. The first kappa shape index (κ1) is 18.2. The molecule has 3 rings (SSSR count). The molecule has 2 fully saturated rings. The standard InChI is InChI=1S/C16H19F3N2O3S/c1-9-5-14-12(7-15(22)21-14)13(9)8-20-25(23,24)11-4-2-3-10(6-11)16(17,18)19/h2-4,6,9,12-14,20H,5,7-8H2,1H3,(H,21,22)/t9-,12-,13+,14+/m0/s1. The molecule has 1 aromatic rings. The molecule has 1 saturated carbocycles. The molecular weight excluding hydrogens is 357 g/mol. The highest BCUT2D eigenvalue weighted by atomic mass is 32.2. The average molecular weight is 376 g/mol. The highest BCUT2D eigenvalue weighted by molar-refractivity contribution is 7.89. The SMILES string of the molecule is C[C@H]1C[C@H]2NC(=O)C[C@H]2[C@@H]1CNS(=O)(=O)c1cccc(C(F)(F)F)c1. The Morgan fingerprint density at radius 2 is 2.04 bits per heavy atom. The van der Waals surface area contributed by atoms with Gasteiger partial charge in [-0.25, -0.2) is 13.1 Å². The van der Waals surface area contributed by atoms with E-state index < -0.39 is 26.7 Å². The summed E-state index contributed by atoms with van der Waals surface area (Å²) >= 11 is 0. The maximum absolute atomic E-state index is 12.8. The van der Waals surface area contributed by atoms with Gasteiger partial charge < -0.3 is 5.32 Å². The first-order valence-electron chi connectivity index (χ1n) is 8.04. The van der Waals surface area contributed by atoms with E-state index in [2.05, 4.69) is 10.0 Å². The van der Waals surface area contributed by atoms with Crippen LogP contribution in [-0.2, 0) is 21.0 Å². The van der Waals surface area contributed by atoms with Gasteiger partial charge in [-0.1, -0.05) is 13.0 Å². The number of rotatable bonds is 4. The molecule has 25 heavy (non-hydrogen) atoms. The Hall–Kier alpha value is -1.61. The summed E-state index contributed by atoms with van der Waals surface area (Å²) in [6, 6.07) is 3.73. The van der Waals surface area contributed by atoms with Crippen molar-refractivity contribution < 1.29 is 26.4 Å². The van der Waals surface area contributed by atoms with Crippen molar-refractivity contribution in [1.29, 1.82) is 0 Å². The highest BCUT2D eigenvalue weighted by Gasteiger charge is 2.46. The molecule has 138 valence electrons. The van der Waals surface area contributed by atoms with Crippen LogP contribution in [0.3, 0.4) is 0 Å². The van der Waals surface area contributed by atoms with Crippen molar-refractivity contribution in [2.45, 2.75) is 36.9 Å². The summed E-state index contributed by atoms with van der Waals surface area (Å²) in [6.07, 6.45) is -3.45. The smallest absolute Gasteiger partial charge is 0.353 e. The van der Waals surface area contributed by atoms with Crippen LogP contribution in [0.1, 0.15) is 25.3 Å². The Labute approximate surface area is 144 Å². The number of sulfonamides is 1. The van der Waals surface area contributed by atoms with Gasteiger partial charge in [0.05, 0.1) is 10.5 Å². The topological polar surface area (TPSA) is 75.3 Å². The van der Waals surface area contributed by atoms with E-state index in [9.17, 15) is 26.4 Å². The molecule has 1 aliphatic heterocycles. The van der Waals surface area contributed by atoms with Crippen LogP contribution in [0.4, 0.5) is 13.2 Å². The second-order valence-corrected chi connectivity index (χ2v) is 8.56. The Morgan fingerprint density at radius 1 is 1.32 bits per heavy atom. The zero-order valence-electron chi connectivity index (χ0n) is 13.5. The molecular formula is C16H19F3N2O3S. The summed E-state index contributed by atoms with van der Waals surface area (Å²) in [5, 5.41) is 2.89. The van der Waals surface area contributed by atoms with Gasteiger partial charge in [-0.3, -0.25) is 4.79 Å². The number of amides is 1. The largest absolute Gasteiger partial charge is 0.416 e. The zero-order chi connectivity index (χ0) is 18.4. The second-order valence-electron chi connectivity index (χ2n) is 6.80. The zero-order valence-corrected chi connectivity index (χ0v) is 14.3. The molecule has 4 atom stereocenters. The summed E-state index contributed by atoms with van der Waals surface area (Å²) in [6.45, 7) is 2.10. The molecule has 0 unspecified atom stereocenters. The first-order chi connectivity index (χ1) is 11.6. The van der Waals surface area contributed by atoms with Crippen LogP contribution in [0.5, 0.6) is 0 Å². The Morgan fingerprint density at radius 3 is 2.72 bits per heavy atom. The molecule has 5 nitrogen and oxygen atoms in total. The monoisotopic (exact) mass is 376 g/mol. The van der Waals surface area contributed by atoms with Gasteiger partial charge in [0.2, 0.25) is 15.9 Å². The number of alkyl halides is 3. The fourth-order valence-electron chi connectivity index (χ4n) is 3.89. The molecule has 0 radical (unpaired) electrons. The van der Waals surface area contributed by atoms with Gasteiger partial charge in [-0.15, -0.1) is 0 Å². The molecule has 1 heterocycles. The summed E-state index contributed by atoms with van der Waals surface area (Å²) in [4.78, 5) is 11.1. The Balaban J connectivity index is 1.73. The maximum atomic E-state index is 12.8. The van der Waals surface area contributed by atoms with Crippen molar-refractivity contribution in [1.82, 2.24) is 10.0 Å². The fraction of sp³-hybridized carbons (Fsp3) is 0.562. The highest BCUT2D eigenvalue weighted by Crippen LogP contribution is 2.41. The van der Waals surface area contributed by atoms with Crippen molar-refractivity contribution in [3.8, 4) is 0 Å². The van der Waals surface area contributed by atoms with Gasteiger partial charge in [0.15, 0.2) is 0 Å². The third kappa shape index (κ3) is 3.67. The third-order valence-corrected chi connectivity index (χ3v) is 6.59. The van der Waals surface area contributed by atoms with Gasteiger partial charge in [0.1, 0.15) is 0 Å². The van der Waals surface area contributed by atoms with Crippen molar-refractivity contribution in [3.05, 3.63) is 29.8 Å². The summed E-state index contributed by atoms with van der Waals surface area (Å²) in [5.41, 5.74) is -1.00. The molecule has 1 aromatic carbocycles. The number of fused-ring (bicyclic) bond motifs is 1. The molecule has 9 heteroatoms.